The Kier molecular flexibility index (Phi) is 17.3. The second-order valence-electron chi connectivity index (χ2n) is 11.3. The molecule has 0 aromatic heterocycles. The number of hydrogen-bond acceptors (Lipinski definition) is 12. The van der Waals surface area contributed by atoms with Crippen molar-refractivity contribution in [2.75, 3.05) is 27.3 Å². The molecule has 1 unspecified atom stereocenters. The van der Waals surface area contributed by atoms with Gasteiger partial charge >= 0.3 is 29.7 Å². The number of carbonyl (C=O) groups excluding carboxylic acids is 6. The van der Waals surface area contributed by atoms with E-state index < -0.39 is 78.6 Å². The fourth-order valence-corrected chi connectivity index (χ4v) is 4.59. The molecule has 17 heteroatoms. The largest absolute Gasteiger partial charge is 0.479 e. The van der Waals surface area contributed by atoms with E-state index in [0.29, 0.717) is 5.56 Å². The second-order valence-corrected chi connectivity index (χ2v) is 11.3. The third-order valence-corrected chi connectivity index (χ3v) is 7.36. The zero-order valence-corrected chi connectivity index (χ0v) is 28.5. The Morgan fingerprint density at radius 3 is 1.50 bits per heavy atom. The fourth-order valence-electron chi connectivity index (χ4n) is 4.59. The average molecular weight is 727 g/mol. The van der Waals surface area contributed by atoms with Crippen molar-refractivity contribution in [3.63, 3.8) is 0 Å². The van der Waals surface area contributed by atoms with Gasteiger partial charge in [-0.15, -0.1) is 0 Å². The smallest absolute Gasteiger partial charge is 0.398 e. The van der Waals surface area contributed by atoms with Crippen molar-refractivity contribution in [2.24, 2.45) is 0 Å². The first-order valence-corrected chi connectivity index (χ1v) is 15.9. The molecular formula is C35H42N4O13. The van der Waals surface area contributed by atoms with Gasteiger partial charge in [0, 0.05) is 18.6 Å². The molecule has 0 aliphatic carbocycles. The average Bonchev–Trinajstić information content (AvgIpc) is 3.13. The molecule has 280 valence electrons. The van der Waals surface area contributed by atoms with Gasteiger partial charge in [-0.25, -0.2) is 24.5 Å². The van der Waals surface area contributed by atoms with Crippen LogP contribution in [0.3, 0.4) is 0 Å². The summed E-state index contributed by atoms with van der Waals surface area (Å²) < 4.78 is 8.58. The van der Waals surface area contributed by atoms with Crippen LogP contribution in [0.4, 0.5) is 0 Å². The van der Waals surface area contributed by atoms with Crippen LogP contribution < -0.4 is 10.6 Å². The predicted molar refractivity (Wildman–Crippen MR) is 182 cm³/mol. The highest BCUT2D eigenvalue weighted by Gasteiger charge is 2.41. The minimum absolute atomic E-state index is 0.0588. The zero-order valence-electron chi connectivity index (χ0n) is 28.5. The number of carboxylic acid groups (broad SMARTS) is 1. The minimum Gasteiger partial charge on any atom is -0.479 e. The highest BCUT2D eigenvalue weighted by atomic mass is 16.6. The molecule has 2 aromatic rings. The molecule has 0 fully saturated rings. The van der Waals surface area contributed by atoms with Gasteiger partial charge in [0.15, 0.2) is 5.60 Å². The van der Waals surface area contributed by atoms with Gasteiger partial charge in [0.25, 0.3) is 0 Å². The summed E-state index contributed by atoms with van der Waals surface area (Å²) in [6.07, 6.45) is 4.19. The van der Waals surface area contributed by atoms with Crippen LogP contribution in [0.5, 0.6) is 0 Å². The van der Waals surface area contributed by atoms with Crippen LogP contribution in [0.15, 0.2) is 72.8 Å². The number of hydrogen-bond donors (Lipinski definition) is 6. The number of nitrogens with one attached hydrogen (secondary N) is 2. The molecule has 0 aliphatic heterocycles. The summed E-state index contributed by atoms with van der Waals surface area (Å²) in [5.74, 6) is -9.08. The Labute approximate surface area is 299 Å². The van der Waals surface area contributed by atoms with Gasteiger partial charge < -0.3 is 30.3 Å². The molecule has 0 heterocycles. The minimum atomic E-state index is -2.88. The van der Waals surface area contributed by atoms with Crippen LogP contribution in [-0.4, -0.2) is 117 Å². The first kappa shape index (κ1) is 42.3. The number of carbonyl (C=O) groups is 7. The van der Waals surface area contributed by atoms with E-state index in [9.17, 15) is 54.2 Å². The van der Waals surface area contributed by atoms with Crippen molar-refractivity contribution in [1.82, 2.24) is 20.8 Å². The first-order chi connectivity index (χ1) is 24.7. The van der Waals surface area contributed by atoms with E-state index in [1.165, 1.54) is 6.08 Å². The van der Waals surface area contributed by atoms with Gasteiger partial charge in [-0.05, 0) is 30.4 Å². The standard InChI is InChI=1S/C35H42N4O13/c1-51-32(44)30(42)38(49)20-9-14-26(17-15-24-10-5-3-6-11-24)36-28(40)22-35(48,34(46)47)23-29(41)37-27(18-16-25-12-7-4-8-13-25)19-21-39(50)31(43)33(45)52-2/h3-8,10-13,15-18,26-27,48-50H,9,14,19-23H2,1-2H3,(H,36,40)(H,37,41)(H,46,47)/b17-15+,18-16+/t26-,27-,35?/m0/s1. The number of nitrogens with zero attached hydrogens (tertiary/aromatic N) is 2. The van der Waals surface area contributed by atoms with E-state index in [0.717, 1.165) is 19.8 Å². The summed E-state index contributed by atoms with van der Waals surface area (Å²) >= 11 is 0. The van der Waals surface area contributed by atoms with Crippen LogP contribution >= 0.6 is 0 Å². The highest BCUT2D eigenvalue weighted by Crippen LogP contribution is 2.18. The molecule has 3 atom stereocenters. The molecule has 6 N–H and O–H groups in total. The molecular weight excluding hydrogens is 684 g/mol. The lowest BCUT2D eigenvalue weighted by atomic mass is 9.94. The summed E-state index contributed by atoms with van der Waals surface area (Å²) in [6, 6.07) is 15.9. The number of ether oxygens (including phenoxy) is 2. The molecule has 2 aromatic carbocycles. The summed E-state index contributed by atoms with van der Waals surface area (Å²) in [4.78, 5) is 85.0. The predicted octanol–water partition coefficient (Wildman–Crippen LogP) is 0.931. The van der Waals surface area contributed by atoms with E-state index in [4.69, 9.17) is 0 Å². The fraction of sp³-hybridized carbons (Fsp3) is 0.343. The van der Waals surface area contributed by atoms with E-state index in [1.807, 2.05) is 0 Å². The third-order valence-electron chi connectivity index (χ3n) is 7.36. The second kappa shape index (κ2) is 21.3. The van der Waals surface area contributed by atoms with Crippen molar-refractivity contribution in [3.8, 4) is 0 Å². The molecule has 0 saturated heterocycles. The van der Waals surface area contributed by atoms with Crippen molar-refractivity contribution in [1.29, 1.82) is 0 Å². The Balaban J connectivity index is 2.17. The monoisotopic (exact) mass is 726 g/mol. The normalized spacial score (nSPS) is 13.3. The molecule has 17 nitrogen and oxygen atoms in total. The maximum atomic E-state index is 13.1. The van der Waals surface area contributed by atoms with Gasteiger partial charge in [-0.1, -0.05) is 85.0 Å². The van der Waals surface area contributed by atoms with Crippen molar-refractivity contribution < 1.29 is 63.7 Å². The van der Waals surface area contributed by atoms with Gasteiger partial charge in [0.1, 0.15) is 0 Å². The molecule has 0 radical (unpaired) electrons. The van der Waals surface area contributed by atoms with E-state index in [1.54, 1.807) is 78.9 Å². The zero-order chi connectivity index (χ0) is 38.7. The summed E-state index contributed by atoms with van der Waals surface area (Å²) in [7, 11) is 1.92. The molecule has 0 aliphatic rings. The number of aliphatic hydroxyl groups is 1. The van der Waals surface area contributed by atoms with Crippen LogP contribution in [0.25, 0.3) is 12.2 Å². The Morgan fingerprint density at radius 2 is 1.10 bits per heavy atom. The Hall–Kier alpha value is -5.91. The molecule has 4 amide bonds. The quantitative estimate of drug-likeness (QED) is 0.0542. The van der Waals surface area contributed by atoms with E-state index >= 15 is 0 Å². The number of esters is 2. The van der Waals surface area contributed by atoms with Gasteiger partial charge in [-0.3, -0.25) is 29.6 Å². The van der Waals surface area contributed by atoms with Crippen LogP contribution in [0.2, 0.25) is 0 Å². The Morgan fingerprint density at radius 1 is 0.692 bits per heavy atom. The topological polar surface area (TPSA) is 249 Å². The van der Waals surface area contributed by atoms with E-state index in [2.05, 4.69) is 20.1 Å². The molecule has 0 spiro atoms. The van der Waals surface area contributed by atoms with Crippen LogP contribution in [0, 0.1) is 0 Å². The first-order valence-electron chi connectivity index (χ1n) is 15.9. The summed E-state index contributed by atoms with van der Waals surface area (Å²) in [5.41, 5.74) is -1.42. The summed E-state index contributed by atoms with van der Waals surface area (Å²) in [6.45, 7) is -0.768. The lowest BCUT2D eigenvalue weighted by Gasteiger charge is -2.25. The number of rotatable bonds is 18. The molecule has 52 heavy (non-hydrogen) atoms. The maximum Gasteiger partial charge on any atom is 0.398 e. The van der Waals surface area contributed by atoms with Crippen LogP contribution in [0.1, 0.15) is 43.2 Å². The molecule has 0 bridgehead atoms. The van der Waals surface area contributed by atoms with Crippen molar-refractivity contribution in [2.45, 2.75) is 49.8 Å². The SMILES string of the molecule is COC(=O)C(=O)N(O)CCC[C@@H](/C=C/c1ccccc1)NC(=O)CC(O)(CC(=O)N[C@@H](/C=C/c1ccccc1)CCN(O)C(=O)C(=O)OC)C(=O)O. The van der Waals surface area contributed by atoms with Crippen LogP contribution in [-0.2, 0) is 43.0 Å². The highest BCUT2D eigenvalue weighted by molar-refractivity contribution is 6.32. The van der Waals surface area contributed by atoms with Gasteiger partial charge in [-0.2, -0.15) is 0 Å². The maximum absolute atomic E-state index is 13.1. The molecule has 2 rings (SSSR count). The lowest BCUT2D eigenvalue weighted by Crippen LogP contribution is -2.49. The van der Waals surface area contributed by atoms with Gasteiger partial charge in [0.05, 0.1) is 33.6 Å². The Bertz CT molecular complexity index is 1600. The van der Waals surface area contributed by atoms with Crippen molar-refractivity contribution in [3.05, 3.63) is 83.9 Å². The third kappa shape index (κ3) is 14.5. The number of benzene rings is 2. The summed E-state index contributed by atoms with van der Waals surface area (Å²) in [5, 5.41) is 46.1. The van der Waals surface area contributed by atoms with Crippen molar-refractivity contribution >= 4 is 53.7 Å². The number of methoxy groups -OCH3 is 2. The number of amides is 4. The van der Waals surface area contributed by atoms with E-state index in [-0.39, 0.29) is 35.9 Å². The number of carboxylic acids is 1. The number of aliphatic carboxylic acids is 1. The lowest BCUT2D eigenvalue weighted by molar-refractivity contribution is -0.179. The molecule has 0 saturated carbocycles. The van der Waals surface area contributed by atoms with Gasteiger partial charge in [0.2, 0.25) is 11.8 Å². The number of hydroxylamine groups is 4.